The van der Waals surface area contributed by atoms with Crippen LogP contribution in [0, 0.1) is 0 Å². The second-order valence-corrected chi connectivity index (χ2v) is 11.2. The molecule has 0 spiro atoms. The van der Waals surface area contributed by atoms with Crippen molar-refractivity contribution < 1.29 is 8.83 Å². The lowest BCUT2D eigenvalue weighted by atomic mass is 10.0. The van der Waals surface area contributed by atoms with Crippen molar-refractivity contribution >= 4 is 60.9 Å². The van der Waals surface area contributed by atoms with Gasteiger partial charge in [-0.2, -0.15) is 0 Å². The van der Waals surface area contributed by atoms with Gasteiger partial charge < -0.3 is 13.7 Å². The maximum Gasteiger partial charge on any atom is 0.227 e. The smallest absolute Gasteiger partial charge is 0.227 e. The Morgan fingerprint density at radius 3 is 2.02 bits per heavy atom. The maximum absolute atomic E-state index is 6.52. The summed E-state index contributed by atoms with van der Waals surface area (Å²) in [4.78, 5) is 7.16. The molecule has 0 amide bonds. The Morgan fingerprint density at radius 1 is 0.467 bits per heavy atom. The fraction of sp³-hybridized carbons (Fsp3) is 0. The first-order valence-corrected chi connectivity index (χ1v) is 15.1. The first kappa shape index (κ1) is 25.4. The summed E-state index contributed by atoms with van der Waals surface area (Å²) >= 11 is 0. The van der Waals surface area contributed by atoms with Gasteiger partial charge in [0.1, 0.15) is 16.7 Å². The zero-order valence-corrected chi connectivity index (χ0v) is 24.2. The first-order valence-electron chi connectivity index (χ1n) is 15.1. The molecule has 2 aromatic heterocycles. The SMILES string of the molecule is c1ccc(-c2nc3ccc4cccc(N(c5ccccc5)c5ccc(-c6cccc7c6oc6ccccc67)cc5)c4c3o2)cc1. The molecule has 0 bridgehead atoms. The zero-order chi connectivity index (χ0) is 29.7. The van der Waals surface area contributed by atoms with Crippen molar-refractivity contribution in [1.29, 1.82) is 0 Å². The van der Waals surface area contributed by atoms with Gasteiger partial charge >= 0.3 is 0 Å². The highest BCUT2D eigenvalue weighted by Crippen LogP contribution is 2.43. The average Bonchev–Trinajstić information content (AvgIpc) is 3.72. The Morgan fingerprint density at radius 2 is 1.18 bits per heavy atom. The van der Waals surface area contributed by atoms with E-state index in [1.54, 1.807) is 0 Å². The van der Waals surface area contributed by atoms with Crippen LogP contribution in [0.1, 0.15) is 0 Å². The molecule has 45 heavy (non-hydrogen) atoms. The van der Waals surface area contributed by atoms with Crippen LogP contribution in [0.3, 0.4) is 0 Å². The molecule has 0 atom stereocenters. The Kier molecular flexibility index (Phi) is 5.78. The van der Waals surface area contributed by atoms with E-state index in [2.05, 4.69) is 108 Å². The second-order valence-electron chi connectivity index (χ2n) is 11.2. The van der Waals surface area contributed by atoms with Gasteiger partial charge in [-0.05, 0) is 65.5 Å². The molecule has 4 nitrogen and oxygen atoms in total. The predicted molar refractivity (Wildman–Crippen MR) is 184 cm³/mol. The quantitative estimate of drug-likeness (QED) is 0.204. The van der Waals surface area contributed by atoms with Crippen LogP contribution >= 0.6 is 0 Å². The molecule has 9 rings (SSSR count). The number of para-hydroxylation sites is 3. The summed E-state index contributed by atoms with van der Waals surface area (Å²) in [6.45, 7) is 0. The number of anilines is 3. The summed E-state index contributed by atoms with van der Waals surface area (Å²) < 4.78 is 12.9. The van der Waals surface area contributed by atoms with Crippen molar-refractivity contribution in [3.8, 4) is 22.6 Å². The minimum atomic E-state index is 0.614. The van der Waals surface area contributed by atoms with Gasteiger partial charge in [-0.25, -0.2) is 4.98 Å². The average molecular weight is 579 g/mol. The number of nitrogens with zero attached hydrogens (tertiary/aromatic N) is 2. The second kappa shape index (κ2) is 10.2. The molecule has 7 aromatic carbocycles. The number of fused-ring (bicyclic) bond motifs is 6. The first-order chi connectivity index (χ1) is 22.3. The Bertz CT molecular complexity index is 2480. The minimum absolute atomic E-state index is 0.614. The van der Waals surface area contributed by atoms with Crippen LogP contribution in [0.2, 0.25) is 0 Å². The van der Waals surface area contributed by atoms with Crippen molar-refractivity contribution in [1.82, 2.24) is 4.98 Å². The standard InChI is InChI=1S/C41H26N2O2/c1-3-11-29(12-4-1)41-42-35-26-23-28-13-9-19-36(38(28)40(35)45-41)43(30-14-5-2-6-15-30)31-24-21-27(22-25-31)32-17-10-18-34-33-16-7-8-20-37(33)44-39(32)34/h1-26H. The van der Waals surface area contributed by atoms with Gasteiger partial charge in [0, 0.05) is 33.3 Å². The molecule has 2 heterocycles. The van der Waals surface area contributed by atoms with Crippen LogP contribution in [-0.2, 0) is 0 Å². The highest BCUT2D eigenvalue weighted by atomic mass is 16.3. The Balaban J connectivity index is 1.22. The van der Waals surface area contributed by atoms with E-state index in [-0.39, 0.29) is 0 Å². The van der Waals surface area contributed by atoms with Crippen LogP contribution in [0.4, 0.5) is 17.1 Å². The molecular weight excluding hydrogens is 552 g/mol. The fourth-order valence-electron chi connectivity index (χ4n) is 6.40. The summed E-state index contributed by atoms with van der Waals surface area (Å²) in [6.07, 6.45) is 0. The minimum Gasteiger partial charge on any atom is -0.455 e. The van der Waals surface area contributed by atoms with Gasteiger partial charge in [0.15, 0.2) is 5.58 Å². The summed E-state index contributed by atoms with van der Waals surface area (Å²) in [6, 6.07) is 54.3. The molecule has 0 aliphatic rings. The number of benzene rings is 7. The molecule has 0 saturated heterocycles. The molecule has 0 N–H and O–H groups in total. The fourth-order valence-corrected chi connectivity index (χ4v) is 6.40. The molecule has 4 heteroatoms. The summed E-state index contributed by atoms with van der Waals surface area (Å²) in [5.41, 5.74) is 9.64. The van der Waals surface area contributed by atoms with E-state index in [0.29, 0.717) is 5.89 Å². The van der Waals surface area contributed by atoms with Crippen molar-refractivity contribution in [2.75, 3.05) is 4.90 Å². The molecule has 0 unspecified atom stereocenters. The van der Waals surface area contributed by atoms with E-state index in [1.165, 1.54) is 0 Å². The number of rotatable bonds is 5. The largest absolute Gasteiger partial charge is 0.455 e. The van der Waals surface area contributed by atoms with Crippen LogP contribution in [0.25, 0.3) is 66.4 Å². The molecule has 0 aliphatic heterocycles. The number of hydrogen-bond donors (Lipinski definition) is 0. The predicted octanol–water partition coefficient (Wildman–Crippen LogP) is 11.7. The van der Waals surface area contributed by atoms with E-state index in [0.717, 1.165) is 77.6 Å². The molecule has 0 fully saturated rings. The Labute approximate surface area is 259 Å². The number of aromatic nitrogens is 1. The lowest BCUT2D eigenvalue weighted by Crippen LogP contribution is -2.10. The number of hydrogen-bond acceptors (Lipinski definition) is 4. The highest BCUT2D eigenvalue weighted by Gasteiger charge is 2.20. The highest BCUT2D eigenvalue weighted by molar-refractivity contribution is 6.13. The monoisotopic (exact) mass is 578 g/mol. The van der Waals surface area contributed by atoms with Crippen LogP contribution in [0.5, 0.6) is 0 Å². The zero-order valence-electron chi connectivity index (χ0n) is 24.2. The number of oxazole rings is 1. The van der Waals surface area contributed by atoms with Gasteiger partial charge in [-0.15, -0.1) is 0 Å². The van der Waals surface area contributed by atoms with Crippen LogP contribution in [-0.4, -0.2) is 4.98 Å². The van der Waals surface area contributed by atoms with Crippen molar-refractivity contribution in [2.24, 2.45) is 0 Å². The third kappa shape index (κ3) is 4.19. The Hall–Kier alpha value is -6.13. The van der Waals surface area contributed by atoms with Gasteiger partial charge in [0.05, 0.1) is 11.1 Å². The van der Waals surface area contributed by atoms with E-state index in [9.17, 15) is 0 Å². The lowest BCUT2D eigenvalue weighted by Gasteiger charge is -2.27. The van der Waals surface area contributed by atoms with Crippen molar-refractivity contribution in [2.45, 2.75) is 0 Å². The van der Waals surface area contributed by atoms with Crippen LogP contribution < -0.4 is 4.90 Å². The van der Waals surface area contributed by atoms with Gasteiger partial charge in [-0.3, -0.25) is 0 Å². The molecule has 0 aliphatic carbocycles. The molecule has 0 radical (unpaired) electrons. The lowest BCUT2D eigenvalue weighted by molar-refractivity contribution is 0.623. The molecule has 9 aromatic rings. The topological polar surface area (TPSA) is 42.4 Å². The number of furan rings is 1. The third-order valence-electron chi connectivity index (χ3n) is 8.49. The summed E-state index contributed by atoms with van der Waals surface area (Å²) in [5, 5.41) is 4.36. The van der Waals surface area contributed by atoms with E-state index in [1.807, 2.05) is 54.6 Å². The molecule has 212 valence electrons. The van der Waals surface area contributed by atoms with Gasteiger partial charge in [0.25, 0.3) is 0 Å². The molecule has 0 saturated carbocycles. The summed E-state index contributed by atoms with van der Waals surface area (Å²) in [5.74, 6) is 0.614. The van der Waals surface area contributed by atoms with Gasteiger partial charge in [0.2, 0.25) is 5.89 Å². The van der Waals surface area contributed by atoms with Crippen LogP contribution in [0.15, 0.2) is 167 Å². The van der Waals surface area contributed by atoms with E-state index >= 15 is 0 Å². The maximum atomic E-state index is 6.52. The van der Waals surface area contributed by atoms with Gasteiger partial charge in [-0.1, -0.05) is 103 Å². The third-order valence-corrected chi connectivity index (χ3v) is 8.49. The normalized spacial score (nSPS) is 11.6. The molecular formula is C41H26N2O2. The van der Waals surface area contributed by atoms with Crippen molar-refractivity contribution in [3.05, 3.63) is 158 Å². The van der Waals surface area contributed by atoms with Crippen molar-refractivity contribution in [3.63, 3.8) is 0 Å². The summed E-state index contributed by atoms with van der Waals surface area (Å²) in [7, 11) is 0. The van der Waals surface area contributed by atoms with E-state index in [4.69, 9.17) is 13.8 Å². The van der Waals surface area contributed by atoms with E-state index < -0.39 is 0 Å².